The van der Waals surface area contributed by atoms with Gasteiger partial charge >= 0.3 is 23.9 Å². The summed E-state index contributed by atoms with van der Waals surface area (Å²) in [5.74, 6) is -5.93. The van der Waals surface area contributed by atoms with Crippen LogP contribution in [0.15, 0.2) is 30.3 Å². The van der Waals surface area contributed by atoms with E-state index in [2.05, 4.69) is 0 Å². The minimum atomic E-state index is -2.43. The second kappa shape index (κ2) is 14.7. The number of esters is 4. The molecule has 2 aliphatic rings. The maximum absolute atomic E-state index is 13.0. The maximum Gasteiger partial charge on any atom is 0.331 e. The molecule has 0 radical (unpaired) electrons. The second-order valence-corrected chi connectivity index (χ2v) is 9.72. The predicted octanol–water partition coefficient (Wildman–Crippen LogP) is -1.71. The molecule has 0 bridgehead atoms. The van der Waals surface area contributed by atoms with Crippen molar-refractivity contribution in [3.8, 4) is 5.75 Å². The van der Waals surface area contributed by atoms with Crippen molar-refractivity contribution in [3.63, 3.8) is 0 Å². The van der Waals surface area contributed by atoms with E-state index < -0.39 is 98.5 Å². The van der Waals surface area contributed by atoms with E-state index in [0.29, 0.717) is 5.56 Å². The number of aliphatic hydroxyl groups is 4. The van der Waals surface area contributed by atoms with Crippen LogP contribution in [0.5, 0.6) is 5.75 Å². The number of carbonyl (C=O) groups excluding carboxylic acids is 4. The van der Waals surface area contributed by atoms with Crippen molar-refractivity contribution in [1.82, 2.24) is 0 Å². The average molecular weight is 615 g/mol. The van der Waals surface area contributed by atoms with Crippen LogP contribution >= 0.6 is 0 Å². The quantitative estimate of drug-likeness (QED) is 0.106. The van der Waals surface area contributed by atoms with E-state index in [1.807, 2.05) is 0 Å². The van der Waals surface area contributed by atoms with E-state index in [-0.39, 0.29) is 5.75 Å². The number of ether oxygens (including phenoxy) is 7. The molecule has 2 heterocycles. The van der Waals surface area contributed by atoms with Gasteiger partial charge in [-0.1, -0.05) is 12.1 Å². The summed E-state index contributed by atoms with van der Waals surface area (Å²) in [6, 6.07) is 5.77. The lowest BCUT2D eigenvalue weighted by atomic mass is 9.98. The molecule has 0 aliphatic carbocycles. The largest absolute Gasteiger partial charge is 0.508 e. The molecular formula is C27H34O16. The van der Waals surface area contributed by atoms with Crippen LogP contribution < -0.4 is 0 Å². The Balaban J connectivity index is 1.99. The normalized spacial score (nSPS) is 32.3. The Hall–Kier alpha value is -3.64. The van der Waals surface area contributed by atoms with Gasteiger partial charge in [0.15, 0.2) is 18.5 Å². The Morgan fingerprint density at radius 2 is 1.53 bits per heavy atom. The molecule has 2 aliphatic heterocycles. The highest BCUT2D eigenvalue weighted by atomic mass is 16.8. The first-order valence-corrected chi connectivity index (χ1v) is 13.0. The molecule has 2 fully saturated rings. The molecular weight excluding hydrogens is 580 g/mol. The summed E-state index contributed by atoms with van der Waals surface area (Å²) in [6.07, 6.45) is -11.4. The summed E-state index contributed by atoms with van der Waals surface area (Å²) < 4.78 is 38.0. The number of phenols is 1. The lowest BCUT2D eigenvalue weighted by Gasteiger charge is -2.43. The number of carbonyl (C=O) groups is 4. The third kappa shape index (κ3) is 8.70. The van der Waals surface area contributed by atoms with E-state index in [1.165, 1.54) is 30.3 Å². The first kappa shape index (κ1) is 33.9. The summed E-state index contributed by atoms with van der Waals surface area (Å²) in [7, 11) is 0. The lowest BCUT2D eigenvalue weighted by molar-refractivity contribution is -0.383. The third-order valence-electron chi connectivity index (χ3n) is 6.39. The predicted molar refractivity (Wildman–Crippen MR) is 138 cm³/mol. The number of aliphatic hydroxyl groups excluding tert-OH is 4. The minimum Gasteiger partial charge on any atom is -0.508 e. The molecule has 238 valence electrons. The highest BCUT2D eigenvalue weighted by Gasteiger charge is 2.63. The van der Waals surface area contributed by atoms with Crippen molar-refractivity contribution < 1.29 is 77.9 Å². The maximum atomic E-state index is 13.0. The van der Waals surface area contributed by atoms with Crippen LogP contribution in [-0.2, 0) is 52.3 Å². The van der Waals surface area contributed by atoms with Crippen LogP contribution in [0.25, 0.3) is 6.08 Å². The van der Waals surface area contributed by atoms with Crippen molar-refractivity contribution in [2.75, 3.05) is 19.8 Å². The Morgan fingerprint density at radius 1 is 0.884 bits per heavy atom. The molecule has 3 rings (SSSR count). The molecule has 1 aromatic rings. The average Bonchev–Trinajstić information content (AvgIpc) is 3.22. The number of hydrogen-bond donors (Lipinski definition) is 5. The molecule has 0 amide bonds. The SMILES string of the molecule is CC(=O)OC[C@H]1O[C@H](O[C@]2(COC(C)=O)O[C@H](CO)[C@@H](OC(C)=O)[C@@H]2OC(=O)C=Cc2ccc(O)cc2)[C@H](O)[C@@H](O)[C@@H]1O. The number of rotatable bonds is 11. The standard InChI is InChI=1S/C27H34O16/c1-13(29)37-11-19-21(34)22(35)23(36)26(40-19)43-27(12-38-14(2)30)25(24(39-15(3)31)18(10-28)42-27)41-20(33)9-6-16-4-7-17(32)8-5-16/h4-9,18-19,21-26,28,32,34-36H,10-12H2,1-3H3/t18-,19-,21-,22+,23-,24-,25+,26-,27+/m1/s1. The zero-order chi connectivity index (χ0) is 31.9. The van der Waals surface area contributed by atoms with E-state index in [9.17, 15) is 44.7 Å². The first-order valence-electron chi connectivity index (χ1n) is 13.0. The van der Waals surface area contributed by atoms with Gasteiger partial charge in [0.25, 0.3) is 0 Å². The van der Waals surface area contributed by atoms with Crippen molar-refractivity contribution in [2.24, 2.45) is 0 Å². The van der Waals surface area contributed by atoms with Crippen LogP contribution in [0.1, 0.15) is 26.3 Å². The van der Waals surface area contributed by atoms with Gasteiger partial charge in [0.05, 0.1) is 6.61 Å². The molecule has 0 unspecified atom stereocenters. The monoisotopic (exact) mass is 614 g/mol. The summed E-state index contributed by atoms with van der Waals surface area (Å²) in [4.78, 5) is 48.0. The number of benzene rings is 1. The van der Waals surface area contributed by atoms with Crippen LogP contribution in [0.3, 0.4) is 0 Å². The minimum absolute atomic E-state index is 0.00523. The van der Waals surface area contributed by atoms with Crippen molar-refractivity contribution in [3.05, 3.63) is 35.9 Å². The Kier molecular flexibility index (Phi) is 11.6. The van der Waals surface area contributed by atoms with E-state index in [1.54, 1.807) is 0 Å². The van der Waals surface area contributed by atoms with Crippen LogP contribution in [0, 0.1) is 0 Å². The number of hydrogen-bond acceptors (Lipinski definition) is 16. The number of phenolic OH excluding ortho intramolecular Hbond substituents is 1. The Labute approximate surface area is 245 Å². The van der Waals surface area contributed by atoms with Crippen molar-refractivity contribution in [1.29, 1.82) is 0 Å². The third-order valence-corrected chi connectivity index (χ3v) is 6.39. The molecule has 43 heavy (non-hydrogen) atoms. The van der Waals surface area contributed by atoms with Crippen molar-refractivity contribution >= 4 is 30.0 Å². The van der Waals surface area contributed by atoms with Gasteiger partial charge in [-0.15, -0.1) is 0 Å². The lowest BCUT2D eigenvalue weighted by Crippen LogP contribution is -2.63. The second-order valence-electron chi connectivity index (χ2n) is 9.72. The molecule has 0 spiro atoms. The zero-order valence-electron chi connectivity index (χ0n) is 23.4. The van der Waals surface area contributed by atoms with Gasteiger partial charge in [0.2, 0.25) is 5.79 Å². The number of aromatic hydroxyl groups is 1. The Bertz CT molecular complexity index is 1170. The van der Waals surface area contributed by atoms with E-state index >= 15 is 0 Å². The fraction of sp³-hybridized carbons (Fsp3) is 0.556. The van der Waals surface area contributed by atoms with Gasteiger partial charge in [-0.25, -0.2) is 4.79 Å². The molecule has 1 aromatic carbocycles. The summed E-state index contributed by atoms with van der Waals surface area (Å²) in [5, 5.41) is 51.0. The molecule has 0 aromatic heterocycles. The summed E-state index contributed by atoms with van der Waals surface area (Å²) in [5.41, 5.74) is 0.495. The van der Waals surface area contributed by atoms with Gasteiger partial charge < -0.3 is 58.7 Å². The molecule has 2 saturated heterocycles. The summed E-state index contributed by atoms with van der Waals surface area (Å²) in [6.45, 7) is 0.928. The van der Waals surface area contributed by atoms with Gasteiger partial charge in [-0.2, -0.15) is 0 Å². The van der Waals surface area contributed by atoms with E-state index in [4.69, 9.17) is 33.2 Å². The topological polar surface area (TPSA) is 234 Å². The molecule has 0 saturated carbocycles. The highest BCUT2D eigenvalue weighted by molar-refractivity contribution is 5.87. The molecule has 16 nitrogen and oxygen atoms in total. The molecule has 5 N–H and O–H groups in total. The van der Waals surface area contributed by atoms with Crippen LogP contribution in [-0.4, -0.2) is 124 Å². The summed E-state index contributed by atoms with van der Waals surface area (Å²) >= 11 is 0. The van der Waals surface area contributed by atoms with Gasteiger partial charge in [0, 0.05) is 26.8 Å². The van der Waals surface area contributed by atoms with Gasteiger partial charge in [-0.05, 0) is 23.8 Å². The van der Waals surface area contributed by atoms with Crippen LogP contribution in [0.4, 0.5) is 0 Å². The molecule has 16 heteroatoms. The zero-order valence-corrected chi connectivity index (χ0v) is 23.4. The molecule has 9 atom stereocenters. The van der Waals surface area contributed by atoms with Crippen LogP contribution in [0.2, 0.25) is 0 Å². The highest BCUT2D eigenvalue weighted by Crippen LogP contribution is 2.40. The van der Waals surface area contributed by atoms with E-state index in [0.717, 1.165) is 26.8 Å². The smallest absolute Gasteiger partial charge is 0.331 e. The van der Waals surface area contributed by atoms with Gasteiger partial charge in [0.1, 0.15) is 49.5 Å². The first-order chi connectivity index (χ1) is 20.3. The Morgan fingerprint density at radius 3 is 2.12 bits per heavy atom. The fourth-order valence-electron chi connectivity index (χ4n) is 4.37. The van der Waals surface area contributed by atoms with Crippen molar-refractivity contribution in [2.45, 2.75) is 75.6 Å². The van der Waals surface area contributed by atoms with Gasteiger partial charge in [-0.3, -0.25) is 14.4 Å². The fourth-order valence-corrected chi connectivity index (χ4v) is 4.37.